The van der Waals surface area contributed by atoms with Gasteiger partial charge >= 0.3 is 0 Å². The zero-order valence-corrected chi connectivity index (χ0v) is 14.4. The van der Waals surface area contributed by atoms with Gasteiger partial charge in [0.2, 0.25) is 5.88 Å². The van der Waals surface area contributed by atoms with E-state index in [9.17, 15) is 9.59 Å². The highest BCUT2D eigenvalue weighted by atomic mass is 16.5. The SMILES string of the molecule is Cc1cc(NC(=O)C(C)Oc2ccc(C(=O)c3ccccc3)cc2)on1. The van der Waals surface area contributed by atoms with E-state index in [0.29, 0.717) is 22.6 Å². The van der Waals surface area contributed by atoms with Crippen LogP contribution < -0.4 is 10.1 Å². The van der Waals surface area contributed by atoms with Crippen LogP contribution in [0.2, 0.25) is 0 Å². The van der Waals surface area contributed by atoms with E-state index in [0.717, 1.165) is 0 Å². The molecule has 1 aromatic heterocycles. The van der Waals surface area contributed by atoms with Crippen LogP contribution in [0.15, 0.2) is 65.2 Å². The van der Waals surface area contributed by atoms with Crippen molar-refractivity contribution in [1.82, 2.24) is 5.16 Å². The quantitative estimate of drug-likeness (QED) is 0.687. The Morgan fingerprint density at radius 1 is 1.04 bits per heavy atom. The number of hydrogen-bond donors (Lipinski definition) is 1. The zero-order chi connectivity index (χ0) is 18.5. The van der Waals surface area contributed by atoms with Crippen LogP contribution in [0.4, 0.5) is 5.88 Å². The highest BCUT2D eigenvalue weighted by Crippen LogP contribution is 2.17. The highest BCUT2D eigenvalue weighted by molar-refractivity contribution is 6.09. The van der Waals surface area contributed by atoms with E-state index in [-0.39, 0.29) is 17.6 Å². The maximum absolute atomic E-state index is 12.4. The van der Waals surface area contributed by atoms with Gasteiger partial charge in [0.25, 0.3) is 5.91 Å². The maximum Gasteiger partial charge on any atom is 0.267 e. The molecular weight excluding hydrogens is 332 g/mol. The molecule has 6 nitrogen and oxygen atoms in total. The van der Waals surface area contributed by atoms with Crippen molar-refractivity contribution in [3.63, 3.8) is 0 Å². The number of hydrogen-bond acceptors (Lipinski definition) is 5. The summed E-state index contributed by atoms with van der Waals surface area (Å²) < 4.78 is 10.6. The van der Waals surface area contributed by atoms with Crippen LogP contribution in [-0.4, -0.2) is 23.0 Å². The summed E-state index contributed by atoms with van der Waals surface area (Å²) in [6, 6.07) is 17.3. The van der Waals surface area contributed by atoms with E-state index in [1.54, 1.807) is 56.3 Å². The van der Waals surface area contributed by atoms with E-state index in [1.165, 1.54) is 0 Å². The molecule has 3 rings (SSSR count). The first-order chi connectivity index (χ1) is 12.5. The van der Waals surface area contributed by atoms with Gasteiger partial charge in [0.05, 0.1) is 5.69 Å². The molecule has 1 unspecified atom stereocenters. The van der Waals surface area contributed by atoms with Crippen molar-refractivity contribution in [3.05, 3.63) is 77.5 Å². The first-order valence-corrected chi connectivity index (χ1v) is 8.13. The van der Waals surface area contributed by atoms with Gasteiger partial charge in [0.1, 0.15) is 5.75 Å². The van der Waals surface area contributed by atoms with Gasteiger partial charge < -0.3 is 9.26 Å². The van der Waals surface area contributed by atoms with Crippen molar-refractivity contribution in [1.29, 1.82) is 0 Å². The third-order valence-electron chi connectivity index (χ3n) is 3.71. The summed E-state index contributed by atoms with van der Waals surface area (Å²) in [6.45, 7) is 3.39. The van der Waals surface area contributed by atoms with E-state index < -0.39 is 6.10 Å². The second-order valence-electron chi connectivity index (χ2n) is 5.80. The van der Waals surface area contributed by atoms with Gasteiger partial charge in [0, 0.05) is 17.2 Å². The Labute approximate surface area is 150 Å². The molecule has 1 heterocycles. The minimum Gasteiger partial charge on any atom is -0.481 e. The lowest BCUT2D eigenvalue weighted by Gasteiger charge is -2.13. The lowest BCUT2D eigenvalue weighted by atomic mass is 10.0. The molecule has 2 aromatic carbocycles. The molecule has 3 aromatic rings. The molecule has 0 saturated heterocycles. The zero-order valence-electron chi connectivity index (χ0n) is 14.4. The predicted octanol–water partition coefficient (Wildman–Crippen LogP) is 3.62. The molecule has 1 atom stereocenters. The fourth-order valence-electron chi connectivity index (χ4n) is 2.34. The lowest BCUT2D eigenvalue weighted by molar-refractivity contribution is -0.122. The summed E-state index contributed by atoms with van der Waals surface area (Å²) in [5.74, 6) is 0.340. The van der Waals surface area contributed by atoms with Crippen LogP contribution in [0.25, 0.3) is 0 Å². The van der Waals surface area contributed by atoms with E-state index in [1.807, 2.05) is 18.2 Å². The standard InChI is InChI=1S/C20H18N2O4/c1-13-12-18(26-22-13)21-20(24)14(2)25-17-10-8-16(9-11-17)19(23)15-6-4-3-5-7-15/h3-12,14H,1-2H3,(H,21,24). The average molecular weight is 350 g/mol. The van der Waals surface area contributed by atoms with Gasteiger partial charge in [-0.25, -0.2) is 0 Å². The smallest absolute Gasteiger partial charge is 0.267 e. The van der Waals surface area contributed by atoms with Gasteiger partial charge in [-0.3, -0.25) is 14.9 Å². The maximum atomic E-state index is 12.4. The summed E-state index contributed by atoms with van der Waals surface area (Å²) in [6.07, 6.45) is -0.740. The minimum absolute atomic E-state index is 0.0661. The third kappa shape index (κ3) is 4.16. The Balaban J connectivity index is 1.61. The number of ketones is 1. The first kappa shape index (κ1) is 17.4. The Morgan fingerprint density at radius 2 is 1.69 bits per heavy atom. The second kappa shape index (κ2) is 7.65. The fraction of sp³-hybridized carbons (Fsp3) is 0.150. The van der Waals surface area contributed by atoms with Crippen molar-refractivity contribution >= 4 is 17.6 Å². The number of amides is 1. The number of carbonyl (C=O) groups excluding carboxylic acids is 2. The van der Waals surface area contributed by atoms with Crippen LogP contribution in [-0.2, 0) is 4.79 Å². The molecular formula is C20H18N2O4. The summed E-state index contributed by atoms with van der Waals surface area (Å²) >= 11 is 0. The first-order valence-electron chi connectivity index (χ1n) is 8.13. The molecule has 1 amide bonds. The predicted molar refractivity (Wildman–Crippen MR) is 96.3 cm³/mol. The third-order valence-corrected chi connectivity index (χ3v) is 3.71. The number of aromatic nitrogens is 1. The van der Waals surface area contributed by atoms with Gasteiger partial charge in [-0.15, -0.1) is 0 Å². The molecule has 26 heavy (non-hydrogen) atoms. The van der Waals surface area contributed by atoms with Crippen LogP contribution in [0.3, 0.4) is 0 Å². The Bertz CT molecular complexity index is 901. The summed E-state index contributed by atoms with van der Waals surface area (Å²) in [7, 11) is 0. The van der Waals surface area contributed by atoms with E-state index in [4.69, 9.17) is 9.26 Å². The number of ether oxygens (including phenoxy) is 1. The van der Waals surface area contributed by atoms with Crippen molar-refractivity contribution in [2.75, 3.05) is 5.32 Å². The number of rotatable bonds is 6. The average Bonchev–Trinajstić information content (AvgIpc) is 3.07. The van der Waals surface area contributed by atoms with Gasteiger partial charge in [-0.1, -0.05) is 35.5 Å². The van der Waals surface area contributed by atoms with Crippen LogP contribution in [0, 0.1) is 6.92 Å². The van der Waals surface area contributed by atoms with Crippen LogP contribution in [0.1, 0.15) is 28.5 Å². The molecule has 1 N–H and O–H groups in total. The second-order valence-corrected chi connectivity index (χ2v) is 5.80. The fourth-order valence-corrected chi connectivity index (χ4v) is 2.34. The summed E-state index contributed by atoms with van der Waals surface area (Å²) in [5, 5.41) is 6.29. The number of anilines is 1. The van der Waals surface area contributed by atoms with Gasteiger partial charge in [-0.05, 0) is 38.1 Å². The van der Waals surface area contributed by atoms with Crippen LogP contribution in [0.5, 0.6) is 5.75 Å². The number of carbonyl (C=O) groups is 2. The molecule has 132 valence electrons. The Kier molecular flexibility index (Phi) is 5.12. The number of nitrogens with one attached hydrogen (secondary N) is 1. The highest BCUT2D eigenvalue weighted by Gasteiger charge is 2.17. The van der Waals surface area contributed by atoms with Gasteiger partial charge in [0.15, 0.2) is 11.9 Å². The normalized spacial score (nSPS) is 11.6. The molecule has 6 heteroatoms. The molecule has 0 bridgehead atoms. The summed E-state index contributed by atoms with van der Waals surface area (Å²) in [4.78, 5) is 24.5. The van der Waals surface area contributed by atoms with Crippen molar-refractivity contribution in [2.45, 2.75) is 20.0 Å². The van der Waals surface area contributed by atoms with Crippen molar-refractivity contribution in [3.8, 4) is 5.75 Å². The molecule has 0 spiro atoms. The molecule has 0 fully saturated rings. The number of nitrogens with zero attached hydrogens (tertiary/aromatic N) is 1. The Hall–Kier alpha value is -3.41. The van der Waals surface area contributed by atoms with E-state index >= 15 is 0 Å². The van der Waals surface area contributed by atoms with Crippen molar-refractivity contribution in [2.24, 2.45) is 0 Å². The summed E-state index contributed by atoms with van der Waals surface area (Å²) in [5.41, 5.74) is 1.85. The molecule has 0 aliphatic rings. The monoisotopic (exact) mass is 350 g/mol. The minimum atomic E-state index is -0.740. The molecule has 0 radical (unpaired) electrons. The number of benzene rings is 2. The number of aryl methyl sites for hydroxylation is 1. The topological polar surface area (TPSA) is 81.4 Å². The molecule has 0 aliphatic heterocycles. The van der Waals surface area contributed by atoms with E-state index in [2.05, 4.69) is 10.5 Å². The Morgan fingerprint density at radius 3 is 2.31 bits per heavy atom. The lowest BCUT2D eigenvalue weighted by Crippen LogP contribution is -2.30. The largest absolute Gasteiger partial charge is 0.481 e. The molecule has 0 aliphatic carbocycles. The van der Waals surface area contributed by atoms with Gasteiger partial charge in [-0.2, -0.15) is 0 Å². The molecule has 0 saturated carbocycles. The van der Waals surface area contributed by atoms with Crippen molar-refractivity contribution < 1.29 is 18.8 Å². The van der Waals surface area contributed by atoms with Crippen LogP contribution >= 0.6 is 0 Å².